The molecule has 2 aliphatic rings. The molecule has 3 unspecified atom stereocenters. The maximum Gasteiger partial charge on any atom is 0.119 e. The van der Waals surface area contributed by atoms with Crippen LogP contribution >= 0.6 is 0 Å². The SMILES string of the molecule is CC1N=NN2CCC(Nc3ccc(OCCO)cc3)c3cc(-c4cnn(C)c4)ccc3C12. The summed E-state index contributed by atoms with van der Waals surface area (Å²) in [6.45, 7) is 3.27. The van der Waals surface area contributed by atoms with Gasteiger partial charge in [-0.25, -0.2) is 0 Å². The number of hydrogen-bond donors (Lipinski definition) is 2. The minimum Gasteiger partial charge on any atom is -0.491 e. The molecule has 5 rings (SSSR count). The Morgan fingerprint density at radius 1 is 1.12 bits per heavy atom. The van der Waals surface area contributed by atoms with Gasteiger partial charge in [0.1, 0.15) is 12.4 Å². The van der Waals surface area contributed by atoms with Crippen LogP contribution in [-0.2, 0) is 7.05 Å². The third kappa shape index (κ3) is 3.93. The molecule has 1 aromatic heterocycles. The summed E-state index contributed by atoms with van der Waals surface area (Å²) in [5.74, 6) is 0.750. The van der Waals surface area contributed by atoms with Crippen LogP contribution < -0.4 is 10.1 Å². The fourth-order valence-electron chi connectivity index (χ4n) is 4.59. The molecule has 0 aliphatic carbocycles. The molecule has 0 fully saturated rings. The number of aromatic nitrogens is 2. The molecule has 8 heteroatoms. The fraction of sp³-hybridized carbons (Fsp3) is 0.375. The Morgan fingerprint density at radius 2 is 1.97 bits per heavy atom. The van der Waals surface area contributed by atoms with Crippen molar-refractivity contribution in [2.45, 2.75) is 31.5 Å². The van der Waals surface area contributed by atoms with Gasteiger partial charge in [0.25, 0.3) is 0 Å². The van der Waals surface area contributed by atoms with E-state index in [4.69, 9.17) is 9.84 Å². The molecular formula is C24H28N6O2. The number of benzene rings is 2. The molecule has 3 heterocycles. The average Bonchev–Trinajstić information content (AvgIpc) is 3.37. The maximum absolute atomic E-state index is 8.95. The first kappa shape index (κ1) is 20.5. The Labute approximate surface area is 187 Å². The molecule has 2 aliphatic heterocycles. The number of nitrogens with zero attached hydrogens (tertiary/aromatic N) is 5. The molecule has 0 saturated heterocycles. The van der Waals surface area contributed by atoms with E-state index >= 15 is 0 Å². The minimum atomic E-state index is 0.00551. The molecule has 166 valence electrons. The normalized spacial score (nSPS) is 21.7. The zero-order chi connectivity index (χ0) is 22.1. The maximum atomic E-state index is 8.95. The van der Waals surface area contributed by atoms with Crippen LogP contribution in [0.2, 0.25) is 0 Å². The second-order valence-electron chi connectivity index (χ2n) is 8.38. The number of aliphatic hydroxyl groups is 1. The zero-order valence-corrected chi connectivity index (χ0v) is 18.3. The summed E-state index contributed by atoms with van der Waals surface area (Å²) in [7, 11) is 1.94. The van der Waals surface area contributed by atoms with E-state index in [1.807, 2.05) is 48.4 Å². The van der Waals surface area contributed by atoms with Crippen LogP contribution in [0.5, 0.6) is 5.75 Å². The molecule has 3 atom stereocenters. The van der Waals surface area contributed by atoms with Gasteiger partial charge < -0.3 is 15.2 Å². The van der Waals surface area contributed by atoms with Gasteiger partial charge in [0.15, 0.2) is 0 Å². The van der Waals surface area contributed by atoms with Gasteiger partial charge in [-0.3, -0.25) is 9.69 Å². The van der Waals surface area contributed by atoms with E-state index in [2.05, 4.69) is 50.9 Å². The average molecular weight is 433 g/mol. The quantitative estimate of drug-likeness (QED) is 0.612. The largest absolute Gasteiger partial charge is 0.491 e. The highest BCUT2D eigenvalue weighted by Crippen LogP contribution is 2.42. The van der Waals surface area contributed by atoms with Gasteiger partial charge >= 0.3 is 0 Å². The van der Waals surface area contributed by atoms with Crippen molar-refractivity contribution >= 4 is 5.69 Å². The van der Waals surface area contributed by atoms with E-state index in [0.717, 1.165) is 35.5 Å². The van der Waals surface area contributed by atoms with Crippen LogP contribution in [0.15, 0.2) is 65.2 Å². The van der Waals surface area contributed by atoms with Gasteiger partial charge in [0.2, 0.25) is 0 Å². The van der Waals surface area contributed by atoms with Crippen molar-refractivity contribution in [3.8, 4) is 16.9 Å². The lowest BCUT2D eigenvalue weighted by Crippen LogP contribution is -2.25. The zero-order valence-electron chi connectivity index (χ0n) is 18.3. The fourth-order valence-corrected chi connectivity index (χ4v) is 4.59. The first-order valence-corrected chi connectivity index (χ1v) is 11.0. The van der Waals surface area contributed by atoms with Crippen molar-refractivity contribution in [1.29, 1.82) is 0 Å². The molecule has 0 spiro atoms. The topological polar surface area (TPSA) is 87.3 Å². The lowest BCUT2D eigenvalue weighted by molar-refractivity contribution is 0.201. The summed E-state index contributed by atoms with van der Waals surface area (Å²) in [5, 5.41) is 28.0. The number of anilines is 1. The van der Waals surface area contributed by atoms with Crippen LogP contribution in [0.1, 0.15) is 36.6 Å². The van der Waals surface area contributed by atoms with Crippen molar-refractivity contribution in [1.82, 2.24) is 14.8 Å². The monoisotopic (exact) mass is 432 g/mol. The number of aliphatic hydroxyl groups excluding tert-OH is 1. The summed E-state index contributed by atoms with van der Waals surface area (Å²) in [6, 6.07) is 15.0. The van der Waals surface area contributed by atoms with E-state index in [1.165, 1.54) is 11.1 Å². The Kier molecular flexibility index (Phi) is 5.53. The highest BCUT2D eigenvalue weighted by Gasteiger charge is 2.37. The first-order chi connectivity index (χ1) is 15.6. The Balaban J connectivity index is 1.48. The number of nitrogens with one attached hydrogen (secondary N) is 1. The number of hydrogen-bond acceptors (Lipinski definition) is 7. The Morgan fingerprint density at radius 3 is 2.72 bits per heavy atom. The number of ether oxygens (including phenoxy) is 1. The van der Waals surface area contributed by atoms with Crippen LogP contribution in [0.3, 0.4) is 0 Å². The van der Waals surface area contributed by atoms with E-state index in [9.17, 15) is 0 Å². The van der Waals surface area contributed by atoms with E-state index in [0.29, 0.717) is 6.61 Å². The van der Waals surface area contributed by atoms with Crippen LogP contribution in [0.4, 0.5) is 5.69 Å². The molecule has 2 aromatic carbocycles. The number of fused-ring (bicyclic) bond motifs is 3. The van der Waals surface area contributed by atoms with Crippen molar-refractivity contribution in [3.63, 3.8) is 0 Å². The summed E-state index contributed by atoms with van der Waals surface area (Å²) < 4.78 is 7.32. The van der Waals surface area contributed by atoms with Crippen molar-refractivity contribution in [2.75, 3.05) is 25.1 Å². The third-order valence-corrected chi connectivity index (χ3v) is 6.15. The van der Waals surface area contributed by atoms with E-state index < -0.39 is 0 Å². The molecule has 2 N–H and O–H groups in total. The number of aryl methyl sites for hydroxylation is 1. The van der Waals surface area contributed by atoms with Gasteiger partial charge in [-0.05, 0) is 60.4 Å². The minimum absolute atomic E-state index is 0.00551. The van der Waals surface area contributed by atoms with Crippen LogP contribution in [0.25, 0.3) is 11.1 Å². The van der Waals surface area contributed by atoms with Crippen molar-refractivity contribution < 1.29 is 9.84 Å². The standard InChI is InChI=1S/C24H28N6O2/c1-16-24-21-8-3-17(18-14-25-29(2)15-18)13-22(21)23(9-10-30(24)28-27-16)26-19-4-6-20(7-5-19)32-12-11-31/h3-8,13-16,23-24,26,31H,9-12H2,1-2H3. The molecule has 0 bridgehead atoms. The van der Waals surface area contributed by atoms with Gasteiger partial charge in [0.05, 0.1) is 30.9 Å². The van der Waals surface area contributed by atoms with Gasteiger partial charge in [-0.2, -0.15) is 10.2 Å². The molecule has 0 radical (unpaired) electrons. The smallest absolute Gasteiger partial charge is 0.119 e. The predicted octanol–water partition coefficient (Wildman–Crippen LogP) is 4.13. The predicted molar refractivity (Wildman–Crippen MR) is 122 cm³/mol. The highest BCUT2D eigenvalue weighted by atomic mass is 16.5. The second kappa shape index (κ2) is 8.63. The second-order valence-corrected chi connectivity index (χ2v) is 8.38. The molecule has 0 amide bonds. The first-order valence-electron chi connectivity index (χ1n) is 11.0. The summed E-state index contributed by atoms with van der Waals surface area (Å²) in [4.78, 5) is 0. The molecule has 3 aromatic rings. The van der Waals surface area contributed by atoms with Gasteiger partial charge in [-0.15, -0.1) is 0 Å². The molecule has 8 nitrogen and oxygen atoms in total. The van der Waals surface area contributed by atoms with Crippen LogP contribution in [-0.4, -0.2) is 45.7 Å². The summed E-state index contributed by atoms with van der Waals surface area (Å²) >= 11 is 0. The number of rotatable bonds is 6. The molecular weight excluding hydrogens is 404 g/mol. The Hall–Kier alpha value is -3.39. The lowest BCUT2D eigenvalue weighted by atomic mass is 9.90. The molecule has 0 saturated carbocycles. The summed E-state index contributed by atoms with van der Waals surface area (Å²) in [5.41, 5.74) is 5.84. The van der Waals surface area contributed by atoms with Crippen LogP contribution in [0, 0.1) is 0 Å². The van der Waals surface area contributed by atoms with E-state index in [-0.39, 0.29) is 24.7 Å². The summed E-state index contributed by atoms with van der Waals surface area (Å²) in [6.07, 6.45) is 4.86. The van der Waals surface area contributed by atoms with E-state index in [1.54, 1.807) is 0 Å². The van der Waals surface area contributed by atoms with Crippen molar-refractivity contribution in [2.24, 2.45) is 17.4 Å². The van der Waals surface area contributed by atoms with Gasteiger partial charge in [-0.1, -0.05) is 17.4 Å². The third-order valence-electron chi connectivity index (χ3n) is 6.15. The molecule has 32 heavy (non-hydrogen) atoms. The lowest BCUT2D eigenvalue weighted by Gasteiger charge is -2.24. The highest BCUT2D eigenvalue weighted by molar-refractivity contribution is 5.65. The Bertz CT molecular complexity index is 1110. The van der Waals surface area contributed by atoms with Crippen molar-refractivity contribution in [3.05, 3.63) is 66.0 Å². The van der Waals surface area contributed by atoms with Gasteiger partial charge in [0, 0.05) is 31.0 Å².